The highest BCUT2D eigenvalue weighted by atomic mass is 16.5. The van der Waals surface area contributed by atoms with Gasteiger partial charge in [0.2, 0.25) is 0 Å². The van der Waals surface area contributed by atoms with Crippen LogP contribution in [-0.4, -0.2) is 48.6 Å². The Hall–Kier alpha value is -4.10. The molecule has 4 rings (SSSR count). The molecule has 0 aromatic heterocycles. The van der Waals surface area contributed by atoms with Crippen molar-refractivity contribution in [2.45, 2.75) is 32.9 Å². The molecule has 0 spiro atoms. The summed E-state index contributed by atoms with van der Waals surface area (Å²) >= 11 is 0. The monoisotopic (exact) mass is 515 g/mol. The highest BCUT2D eigenvalue weighted by Gasteiger charge is 2.45. The van der Waals surface area contributed by atoms with Gasteiger partial charge in [-0.15, -0.1) is 0 Å². The molecule has 1 atom stereocenters. The van der Waals surface area contributed by atoms with Gasteiger partial charge in [-0.3, -0.25) is 9.59 Å². The lowest BCUT2D eigenvalue weighted by molar-refractivity contribution is -0.140. The fourth-order valence-corrected chi connectivity index (χ4v) is 4.33. The summed E-state index contributed by atoms with van der Waals surface area (Å²) in [6, 6.07) is 21.4. The molecule has 198 valence electrons. The van der Waals surface area contributed by atoms with Crippen LogP contribution < -0.4 is 9.47 Å². The lowest BCUT2D eigenvalue weighted by Gasteiger charge is -2.25. The molecule has 7 nitrogen and oxygen atoms in total. The number of ether oxygens (including phenoxy) is 3. The fourth-order valence-electron chi connectivity index (χ4n) is 4.33. The van der Waals surface area contributed by atoms with E-state index in [0.29, 0.717) is 35.8 Å². The molecular formula is C31H33NO6. The van der Waals surface area contributed by atoms with Gasteiger partial charge < -0.3 is 24.2 Å². The van der Waals surface area contributed by atoms with Gasteiger partial charge in [0.1, 0.15) is 23.9 Å². The minimum absolute atomic E-state index is 0.0432. The number of likely N-dealkylation sites (tertiary alicyclic amines) is 1. The molecule has 3 aromatic carbocycles. The highest BCUT2D eigenvalue weighted by Crippen LogP contribution is 2.40. The van der Waals surface area contributed by atoms with Crippen LogP contribution in [-0.2, 0) is 20.9 Å². The number of carbonyl (C=O) groups is 2. The molecule has 3 aromatic rings. The third-order valence-electron chi connectivity index (χ3n) is 6.40. The van der Waals surface area contributed by atoms with Gasteiger partial charge in [-0.05, 0) is 60.9 Å². The first kappa shape index (κ1) is 26.9. The number of ketones is 1. The molecule has 1 unspecified atom stereocenters. The summed E-state index contributed by atoms with van der Waals surface area (Å²) in [7, 11) is 1.54. The lowest BCUT2D eigenvalue weighted by Crippen LogP contribution is -2.32. The van der Waals surface area contributed by atoms with E-state index in [1.807, 2.05) is 50.2 Å². The molecule has 0 aliphatic carbocycles. The largest absolute Gasteiger partial charge is 0.507 e. The van der Waals surface area contributed by atoms with Gasteiger partial charge in [0.15, 0.2) is 0 Å². The first-order valence-corrected chi connectivity index (χ1v) is 12.7. The van der Waals surface area contributed by atoms with E-state index in [9.17, 15) is 14.7 Å². The van der Waals surface area contributed by atoms with Crippen molar-refractivity contribution in [3.63, 3.8) is 0 Å². The second-order valence-electron chi connectivity index (χ2n) is 9.20. The number of carbonyl (C=O) groups excluding carboxylic acids is 2. The van der Waals surface area contributed by atoms with Crippen LogP contribution in [0, 0.1) is 6.92 Å². The molecule has 0 bridgehead atoms. The van der Waals surface area contributed by atoms with E-state index in [4.69, 9.17) is 14.2 Å². The number of aliphatic hydroxyl groups is 1. The van der Waals surface area contributed by atoms with Crippen molar-refractivity contribution >= 4 is 17.4 Å². The van der Waals surface area contributed by atoms with E-state index in [1.54, 1.807) is 36.4 Å². The predicted octanol–water partition coefficient (Wildman–Crippen LogP) is 5.43. The quantitative estimate of drug-likeness (QED) is 0.208. The standard InChI is InChI=1S/C31H33NO6/c1-4-18-37-25-15-11-24(12-16-25)29(33)27-28(32(17-19-36-3)31(35)30(27)34)23-9-13-26(14-10-23)38-20-22-7-5-21(2)6-8-22/h5-16,28,33H,4,17-20H2,1-3H3/b29-27-. The summed E-state index contributed by atoms with van der Waals surface area (Å²) in [6.45, 7) is 5.52. The summed E-state index contributed by atoms with van der Waals surface area (Å²) in [4.78, 5) is 27.6. The topological polar surface area (TPSA) is 85.3 Å². The van der Waals surface area contributed by atoms with Gasteiger partial charge in [-0.2, -0.15) is 0 Å². The zero-order valence-corrected chi connectivity index (χ0v) is 22.0. The Labute approximate surface area is 223 Å². The molecule has 1 aliphatic rings. The third-order valence-corrected chi connectivity index (χ3v) is 6.40. The summed E-state index contributed by atoms with van der Waals surface area (Å²) in [5, 5.41) is 11.2. The van der Waals surface area contributed by atoms with E-state index >= 15 is 0 Å². The van der Waals surface area contributed by atoms with E-state index < -0.39 is 17.7 Å². The number of rotatable bonds is 11. The maximum Gasteiger partial charge on any atom is 0.295 e. The van der Waals surface area contributed by atoms with Gasteiger partial charge in [-0.25, -0.2) is 0 Å². The number of benzene rings is 3. The molecule has 1 amide bonds. The number of aryl methyl sites for hydroxylation is 1. The second kappa shape index (κ2) is 12.4. The number of nitrogens with zero attached hydrogens (tertiary/aromatic N) is 1. The van der Waals surface area contributed by atoms with Crippen molar-refractivity contribution in [3.05, 3.63) is 101 Å². The zero-order valence-electron chi connectivity index (χ0n) is 22.0. The molecule has 1 saturated heterocycles. The Morgan fingerprint density at radius 3 is 2.13 bits per heavy atom. The smallest absolute Gasteiger partial charge is 0.295 e. The lowest BCUT2D eigenvalue weighted by atomic mass is 9.95. The van der Waals surface area contributed by atoms with Crippen LogP contribution in [0.25, 0.3) is 5.76 Å². The number of amides is 1. The van der Waals surface area contributed by atoms with Crippen molar-refractivity contribution in [1.29, 1.82) is 0 Å². The predicted molar refractivity (Wildman–Crippen MR) is 145 cm³/mol. The summed E-state index contributed by atoms with van der Waals surface area (Å²) < 4.78 is 16.7. The SMILES string of the molecule is CCCOc1ccc(/C(O)=C2/C(=O)C(=O)N(CCOC)C2c2ccc(OCc3ccc(C)cc3)cc2)cc1. The van der Waals surface area contributed by atoms with Crippen LogP contribution in [0.5, 0.6) is 11.5 Å². The van der Waals surface area contributed by atoms with Crippen LogP contribution in [0.4, 0.5) is 0 Å². The van der Waals surface area contributed by atoms with Gasteiger partial charge in [0, 0.05) is 19.2 Å². The number of Topliss-reactive ketones (excluding diaryl/α,β-unsaturated/α-hetero) is 1. The van der Waals surface area contributed by atoms with Crippen LogP contribution in [0.15, 0.2) is 78.4 Å². The number of hydrogen-bond acceptors (Lipinski definition) is 6. The maximum absolute atomic E-state index is 13.1. The zero-order chi connectivity index (χ0) is 27.1. The van der Waals surface area contributed by atoms with Crippen molar-refractivity contribution in [2.75, 3.05) is 26.9 Å². The van der Waals surface area contributed by atoms with Crippen molar-refractivity contribution in [1.82, 2.24) is 4.90 Å². The highest BCUT2D eigenvalue weighted by molar-refractivity contribution is 6.46. The normalized spacial score (nSPS) is 16.6. The first-order valence-electron chi connectivity index (χ1n) is 12.7. The van der Waals surface area contributed by atoms with Crippen LogP contribution in [0.1, 0.15) is 41.6 Å². The first-order chi connectivity index (χ1) is 18.4. The summed E-state index contributed by atoms with van der Waals surface area (Å²) in [6.07, 6.45) is 0.877. The molecule has 0 saturated carbocycles. The molecule has 7 heteroatoms. The minimum Gasteiger partial charge on any atom is -0.507 e. The Balaban J connectivity index is 1.63. The van der Waals surface area contributed by atoms with Crippen molar-refractivity contribution < 1.29 is 28.9 Å². The number of aliphatic hydroxyl groups excluding tert-OH is 1. The van der Waals surface area contributed by atoms with Gasteiger partial charge >= 0.3 is 0 Å². The Kier molecular flexibility index (Phi) is 8.81. The summed E-state index contributed by atoms with van der Waals surface area (Å²) in [5.74, 6) is -0.298. The molecule has 1 heterocycles. The minimum atomic E-state index is -0.757. The van der Waals surface area contributed by atoms with E-state index in [0.717, 1.165) is 12.0 Å². The van der Waals surface area contributed by atoms with E-state index in [2.05, 4.69) is 0 Å². The van der Waals surface area contributed by atoms with Crippen LogP contribution >= 0.6 is 0 Å². The summed E-state index contributed by atoms with van der Waals surface area (Å²) in [5.41, 5.74) is 3.40. The molecule has 38 heavy (non-hydrogen) atoms. The maximum atomic E-state index is 13.1. The van der Waals surface area contributed by atoms with Gasteiger partial charge in [0.05, 0.1) is 24.8 Å². The van der Waals surface area contributed by atoms with Gasteiger partial charge in [-0.1, -0.05) is 48.9 Å². The Morgan fingerprint density at radius 2 is 1.50 bits per heavy atom. The number of methoxy groups -OCH3 is 1. The average molecular weight is 516 g/mol. The van der Waals surface area contributed by atoms with Crippen LogP contribution in [0.2, 0.25) is 0 Å². The van der Waals surface area contributed by atoms with Crippen molar-refractivity contribution in [3.8, 4) is 11.5 Å². The average Bonchev–Trinajstić information content (AvgIpc) is 3.19. The Morgan fingerprint density at radius 1 is 0.868 bits per heavy atom. The number of hydrogen-bond donors (Lipinski definition) is 1. The molecule has 0 radical (unpaired) electrons. The second-order valence-corrected chi connectivity index (χ2v) is 9.20. The van der Waals surface area contributed by atoms with Crippen molar-refractivity contribution in [2.24, 2.45) is 0 Å². The van der Waals surface area contributed by atoms with E-state index in [1.165, 1.54) is 17.6 Å². The molecular weight excluding hydrogens is 482 g/mol. The third kappa shape index (κ3) is 6.06. The molecule has 1 N–H and O–H groups in total. The fraction of sp³-hybridized carbons (Fsp3) is 0.290. The van der Waals surface area contributed by atoms with E-state index in [-0.39, 0.29) is 24.5 Å². The van der Waals surface area contributed by atoms with Crippen LogP contribution in [0.3, 0.4) is 0 Å². The molecule has 1 aliphatic heterocycles. The Bertz CT molecular complexity index is 1280. The van der Waals surface area contributed by atoms with Gasteiger partial charge in [0.25, 0.3) is 11.7 Å². The molecule has 1 fully saturated rings.